The van der Waals surface area contributed by atoms with Crippen molar-refractivity contribution in [1.29, 1.82) is 0 Å². The molecular formula is C15H30N2O2S. The van der Waals surface area contributed by atoms with Crippen LogP contribution in [0.25, 0.3) is 0 Å². The third kappa shape index (κ3) is 3.04. The summed E-state index contributed by atoms with van der Waals surface area (Å²) in [6.07, 6.45) is 10.2. The summed E-state index contributed by atoms with van der Waals surface area (Å²) in [4.78, 5) is 0. The van der Waals surface area contributed by atoms with Crippen molar-refractivity contribution >= 4 is 10.0 Å². The van der Waals surface area contributed by atoms with Gasteiger partial charge in [0.1, 0.15) is 0 Å². The molecule has 0 unspecified atom stereocenters. The summed E-state index contributed by atoms with van der Waals surface area (Å²) in [5, 5.41) is -0.165. The highest BCUT2D eigenvalue weighted by Crippen LogP contribution is 2.37. The normalized spacial score (nSPS) is 24.9. The van der Waals surface area contributed by atoms with Gasteiger partial charge in [-0.15, -0.1) is 0 Å². The van der Waals surface area contributed by atoms with Gasteiger partial charge in [-0.1, -0.05) is 45.4 Å². The molecule has 0 saturated heterocycles. The van der Waals surface area contributed by atoms with Crippen LogP contribution in [0.15, 0.2) is 0 Å². The van der Waals surface area contributed by atoms with E-state index in [0.717, 1.165) is 51.4 Å². The van der Waals surface area contributed by atoms with E-state index in [1.807, 2.05) is 6.92 Å². The summed E-state index contributed by atoms with van der Waals surface area (Å²) < 4.78 is 27.9. The fraction of sp³-hybridized carbons (Fsp3) is 1.00. The van der Waals surface area contributed by atoms with Crippen molar-refractivity contribution in [3.8, 4) is 0 Å². The van der Waals surface area contributed by atoms with Crippen molar-refractivity contribution in [2.24, 2.45) is 5.73 Å². The molecule has 20 heavy (non-hydrogen) atoms. The lowest BCUT2D eigenvalue weighted by Crippen LogP contribution is -2.59. The van der Waals surface area contributed by atoms with E-state index in [-0.39, 0.29) is 10.8 Å². The number of nitrogens with zero attached hydrogens (tertiary/aromatic N) is 1. The Labute approximate surface area is 124 Å². The second-order valence-corrected chi connectivity index (χ2v) is 8.60. The highest BCUT2D eigenvalue weighted by Gasteiger charge is 2.45. The zero-order chi connectivity index (χ0) is 14.6. The molecule has 0 bridgehead atoms. The smallest absolute Gasteiger partial charge is 0.217 e. The maximum Gasteiger partial charge on any atom is 0.217 e. The van der Waals surface area contributed by atoms with Gasteiger partial charge in [0.05, 0.1) is 5.25 Å². The third-order valence-electron chi connectivity index (χ3n) is 5.26. The second kappa shape index (κ2) is 6.75. The Morgan fingerprint density at radius 3 is 2.10 bits per heavy atom. The molecule has 0 aromatic rings. The Bertz CT molecular complexity index is 396. The van der Waals surface area contributed by atoms with Crippen LogP contribution < -0.4 is 5.73 Å². The average molecular weight is 302 g/mol. The molecule has 0 spiro atoms. The summed E-state index contributed by atoms with van der Waals surface area (Å²) in [6.45, 7) is 3.00. The van der Waals surface area contributed by atoms with E-state index in [4.69, 9.17) is 5.73 Å². The largest absolute Gasteiger partial charge is 0.329 e. The molecule has 0 atom stereocenters. The standard InChI is InChI=1S/C15H30N2O2S/c1-2-17(15(13-16)11-7-4-8-12-15)20(18,19)14-9-5-3-6-10-14/h14H,2-13,16H2,1H3. The van der Waals surface area contributed by atoms with Crippen molar-refractivity contribution in [3.63, 3.8) is 0 Å². The average Bonchev–Trinajstić information content (AvgIpc) is 2.49. The minimum Gasteiger partial charge on any atom is -0.329 e. The molecule has 4 nitrogen and oxygen atoms in total. The summed E-state index contributed by atoms with van der Waals surface area (Å²) >= 11 is 0. The van der Waals surface area contributed by atoms with E-state index in [0.29, 0.717) is 13.1 Å². The van der Waals surface area contributed by atoms with E-state index in [1.165, 1.54) is 12.8 Å². The van der Waals surface area contributed by atoms with Gasteiger partial charge in [-0.25, -0.2) is 8.42 Å². The zero-order valence-corrected chi connectivity index (χ0v) is 13.6. The van der Waals surface area contributed by atoms with Crippen LogP contribution in [0.1, 0.15) is 71.1 Å². The predicted molar refractivity (Wildman–Crippen MR) is 83.0 cm³/mol. The van der Waals surface area contributed by atoms with Gasteiger partial charge in [0.15, 0.2) is 0 Å². The summed E-state index contributed by atoms with van der Waals surface area (Å²) in [6, 6.07) is 0. The maximum absolute atomic E-state index is 13.1. The van der Waals surface area contributed by atoms with Gasteiger partial charge in [-0.3, -0.25) is 0 Å². The van der Waals surface area contributed by atoms with Crippen LogP contribution in [-0.4, -0.2) is 36.6 Å². The van der Waals surface area contributed by atoms with E-state index in [1.54, 1.807) is 4.31 Å². The van der Waals surface area contributed by atoms with Crippen LogP contribution in [0, 0.1) is 0 Å². The van der Waals surface area contributed by atoms with Gasteiger partial charge >= 0.3 is 0 Å². The Morgan fingerprint density at radius 2 is 1.60 bits per heavy atom. The van der Waals surface area contributed by atoms with Crippen LogP contribution in [0.4, 0.5) is 0 Å². The van der Waals surface area contributed by atoms with Gasteiger partial charge in [-0.2, -0.15) is 4.31 Å². The minimum absolute atomic E-state index is 0.165. The summed E-state index contributed by atoms with van der Waals surface area (Å²) in [7, 11) is -3.19. The topological polar surface area (TPSA) is 63.4 Å². The molecule has 5 heteroatoms. The van der Waals surface area contributed by atoms with Crippen LogP contribution in [0.3, 0.4) is 0 Å². The Hall–Kier alpha value is -0.130. The molecule has 118 valence electrons. The van der Waals surface area contributed by atoms with E-state index < -0.39 is 10.0 Å². The van der Waals surface area contributed by atoms with Gasteiger partial charge in [0.25, 0.3) is 0 Å². The fourth-order valence-corrected chi connectivity index (χ4v) is 6.54. The molecule has 0 amide bonds. The fourth-order valence-electron chi connectivity index (χ4n) is 4.09. The lowest BCUT2D eigenvalue weighted by Gasteiger charge is -2.46. The molecular weight excluding hydrogens is 272 g/mol. The minimum atomic E-state index is -3.19. The van der Waals surface area contributed by atoms with E-state index in [2.05, 4.69) is 0 Å². The first-order valence-electron chi connectivity index (χ1n) is 8.28. The van der Waals surface area contributed by atoms with Crippen LogP contribution in [-0.2, 0) is 10.0 Å². The van der Waals surface area contributed by atoms with E-state index in [9.17, 15) is 8.42 Å². The van der Waals surface area contributed by atoms with Crippen LogP contribution in [0.2, 0.25) is 0 Å². The van der Waals surface area contributed by atoms with Crippen molar-refractivity contribution in [3.05, 3.63) is 0 Å². The SMILES string of the molecule is CCN(C1(CN)CCCCC1)S(=O)(=O)C1CCCCC1. The van der Waals surface area contributed by atoms with Crippen LogP contribution in [0.5, 0.6) is 0 Å². The first-order valence-corrected chi connectivity index (χ1v) is 9.79. The molecule has 2 aliphatic carbocycles. The predicted octanol–water partition coefficient (Wildman–Crippen LogP) is 2.63. The number of rotatable bonds is 5. The molecule has 2 aliphatic rings. The van der Waals surface area contributed by atoms with Gasteiger partial charge in [0.2, 0.25) is 10.0 Å². The van der Waals surface area contributed by atoms with Crippen molar-refractivity contribution in [2.45, 2.75) is 81.9 Å². The van der Waals surface area contributed by atoms with Crippen molar-refractivity contribution < 1.29 is 8.42 Å². The summed E-state index contributed by atoms with van der Waals surface area (Å²) in [5.74, 6) is 0. The highest BCUT2D eigenvalue weighted by atomic mass is 32.2. The van der Waals surface area contributed by atoms with Gasteiger partial charge in [0, 0.05) is 18.6 Å². The van der Waals surface area contributed by atoms with Crippen molar-refractivity contribution in [1.82, 2.24) is 4.31 Å². The molecule has 0 aromatic carbocycles. The lowest BCUT2D eigenvalue weighted by molar-refractivity contribution is 0.139. The van der Waals surface area contributed by atoms with Gasteiger partial charge < -0.3 is 5.73 Å². The number of nitrogens with two attached hydrogens (primary N) is 1. The summed E-state index contributed by atoms with van der Waals surface area (Å²) in [5.41, 5.74) is 5.73. The number of likely N-dealkylation sites (N-methyl/N-ethyl adjacent to an activating group) is 1. The second-order valence-electron chi connectivity index (χ2n) is 6.46. The van der Waals surface area contributed by atoms with Crippen LogP contribution >= 0.6 is 0 Å². The number of hydrogen-bond acceptors (Lipinski definition) is 3. The Balaban J connectivity index is 2.24. The lowest BCUT2D eigenvalue weighted by atomic mass is 9.81. The monoisotopic (exact) mass is 302 g/mol. The Kier molecular flexibility index (Phi) is 5.49. The molecule has 2 N–H and O–H groups in total. The maximum atomic E-state index is 13.1. The zero-order valence-electron chi connectivity index (χ0n) is 12.8. The molecule has 0 radical (unpaired) electrons. The Morgan fingerprint density at radius 1 is 1.05 bits per heavy atom. The molecule has 2 rings (SSSR count). The van der Waals surface area contributed by atoms with Crippen molar-refractivity contribution in [2.75, 3.05) is 13.1 Å². The molecule has 2 saturated carbocycles. The number of hydrogen-bond donors (Lipinski definition) is 1. The van der Waals surface area contributed by atoms with Gasteiger partial charge in [-0.05, 0) is 25.7 Å². The first kappa shape index (κ1) is 16.2. The highest BCUT2D eigenvalue weighted by molar-refractivity contribution is 7.89. The van der Waals surface area contributed by atoms with E-state index >= 15 is 0 Å². The molecule has 0 aromatic heterocycles. The quantitative estimate of drug-likeness (QED) is 0.849. The molecule has 2 fully saturated rings. The molecule has 0 heterocycles. The third-order valence-corrected chi connectivity index (χ3v) is 7.83. The number of sulfonamides is 1. The molecule has 0 aliphatic heterocycles. The first-order chi connectivity index (χ1) is 9.57.